The first-order valence-corrected chi connectivity index (χ1v) is 9.68. The molecule has 0 radical (unpaired) electrons. The monoisotopic (exact) mass is 386 g/mol. The minimum absolute atomic E-state index is 0.0103. The molecular weight excluding hydrogens is 366 g/mol. The Morgan fingerprint density at radius 3 is 2.56 bits per heavy atom. The Balaban J connectivity index is 1.78. The fourth-order valence-corrected chi connectivity index (χ4v) is 4.76. The molecule has 1 N–H and O–H groups in total. The van der Waals surface area contributed by atoms with Gasteiger partial charge in [0.05, 0.1) is 18.6 Å². The van der Waals surface area contributed by atoms with Gasteiger partial charge in [0.1, 0.15) is 11.4 Å². The van der Waals surface area contributed by atoms with Crippen molar-refractivity contribution in [1.82, 2.24) is 0 Å². The van der Waals surface area contributed by atoms with Crippen LogP contribution in [0.25, 0.3) is 0 Å². The number of hydrogen-bond donors (Lipinski definition) is 1. The van der Waals surface area contributed by atoms with Gasteiger partial charge < -0.3 is 9.84 Å². The van der Waals surface area contributed by atoms with Crippen LogP contribution in [0.3, 0.4) is 0 Å². The fourth-order valence-electron chi connectivity index (χ4n) is 3.58. The van der Waals surface area contributed by atoms with E-state index in [1.165, 1.54) is 12.1 Å². The van der Waals surface area contributed by atoms with Crippen LogP contribution in [0.15, 0.2) is 48.5 Å². The van der Waals surface area contributed by atoms with Gasteiger partial charge in [-0.05, 0) is 54.6 Å². The summed E-state index contributed by atoms with van der Waals surface area (Å²) in [5.41, 5.74) is 0.196. The van der Waals surface area contributed by atoms with Crippen molar-refractivity contribution in [2.45, 2.75) is 12.1 Å². The second-order valence-electron chi connectivity index (χ2n) is 6.56. The first-order valence-electron chi connectivity index (χ1n) is 8.69. The van der Waals surface area contributed by atoms with Crippen LogP contribution in [0, 0.1) is 10.1 Å². The summed E-state index contributed by atoms with van der Waals surface area (Å²) >= 11 is 1.72. The number of hydrogen-bond acceptors (Lipinski definition) is 6. The molecule has 0 spiro atoms. The lowest BCUT2D eigenvalue weighted by Crippen LogP contribution is -2.46. The molecule has 0 saturated carbocycles. The van der Waals surface area contributed by atoms with Crippen LogP contribution < -0.4 is 9.64 Å². The molecule has 2 aromatic carbocycles. The molecule has 4 rings (SSSR count). The van der Waals surface area contributed by atoms with E-state index in [1.54, 1.807) is 31.0 Å². The van der Waals surface area contributed by atoms with Crippen molar-refractivity contribution >= 4 is 28.3 Å². The van der Waals surface area contributed by atoms with Crippen LogP contribution in [0.2, 0.25) is 0 Å². The zero-order chi connectivity index (χ0) is 19.0. The van der Waals surface area contributed by atoms with Gasteiger partial charge in [-0.25, -0.2) is 4.58 Å². The van der Waals surface area contributed by atoms with Gasteiger partial charge >= 0.3 is 5.17 Å². The number of amidine groups is 1. The second kappa shape index (κ2) is 6.86. The normalized spacial score (nSPS) is 21.9. The van der Waals surface area contributed by atoms with Crippen molar-refractivity contribution in [3.8, 4) is 5.75 Å². The van der Waals surface area contributed by atoms with Crippen molar-refractivity contribution in [3.63, 3.8) is 0 Å². The minimum Gasteiger partial charge on any atom is -0.497 e. The standard InChI is InChI=1S/C19H20N3O4S/c1-26-17-9-7-15(8-10-17)21-18-20(11-2-12-27-18)13-19(21,23)14-3-5-16(6-4-14)22(24)25/h3-10,23H,2,11-13H2,1H3/q+1/t19-/m0/s1. The number of nitrogens with zero attached hydrogens (tertiary/aromatic N) is 3. The highest BCUT2D eigenvalue weighted by Crippen LogP contribution is 2.40. The average molecular weight is 386 g/mol. The average Bonchev–Trinajstić information content (AvgIpc) is 3.01. The Hall–Kier alpha value is -2.58. The number of non-ortho nitro benzene ring substituents is 1. The highest BCUT2D eigenvalue weighted by Gasteiger charge is 2.55. The summed E-state index contributed by atoms with van der Waals surface area (Å²) in [4.78, 5) is 12.5. The lowest BCUT2D eigenvalue weighted by Gasteiger charge is -2.28. The third-order valence-electron chi connectivity index (χ3n) is 4.92. The Kier molecular flexibility index (Phi) is 4.53. The fraction of sp³-hybridized carbons (Fsp3) is 0.316. The Labute approximate surface area is 161 Å². The summed E-state index contributed by atoms with van der Waals surface area (Å²) in [6.45, 7) is 1.30. The molecule has 0 fully saturated rings. The molecule has 2 aliphatic rings. The Morgan fingerprint density at radius 1 is 1.22 bits per heavy atom. The van der Waals surface area contributed by atoms with E-state index in [0.29, 0.717) is 12.1 Å². The maximum atomic E-state index is 11.7. The third kappa shape index (κ3) is 3.04. The molecule has 27 heavy (non-hydrogen) atoms. The summed E-state index contributed by atoms with van der Waals surface area (Å²) in [5, 5.41) is 23.7. The van der Waals surface area contributed by atoms with Gasteiger partial charge in [-0.2, -0.15) is 4.90 Å². The van der Waals surface area contributed by atoms with Crippen LogP contribution in [0.1, 0.15) is 12.0 Å². The minimum atomic E-state index is -1.30. The van der Waals surface area contributed by atoms with Gasteiger partial charge in [-0.3, -0.25) is 10.1 Å². The van der Waals surface area contributed by atoms with Crippen LogP contribution in [0.4, 0.5) is 11.4 Å². The molecular formula is C19H20N3O4S+. The summed E-state index contributed by atoms with van der Waals surface area (Å²) in [6, 6.07) is 13.7. The van der Waals surface area contributed by atoms with Crippen LogP contribution in [0.5, 0.6) is 5.75 Å². The van der Waals surface area contributed by atoms with Crippen molar-refractivity contribution in [1.29, 1.82) is 0 Å². The van der Waals surface area contributed by atoms with E-state index in [9.17, 15) is 15.2 Å². The van der Waals surface area contributed by atoms with E-state index < -0.39 is 10.6 Å². The van der Waals surface area contributed by atoms with E-state index in [2.05, 4.69) is 4.58 Å². The smallest absolute Gasteiger partial charge is 0.316 e. The van der Waals surface area contributed by atoms with E-state index in [1.807, 2.05) is 29.2 Å². The van der Waals surface area contributed by atoms with Crippen LogP contribution >= 0.6 is 11.8 Å². The summed E-state index contributed by atoms with van der Waals surface area (Å²) in [6.07, 6.45) is 1.06. The van der Waals surface area contributed by atoms with Crippen molar-refractivity contribution < 1.29 is 19.3 Å². The predicted molar refractivity (Wildman–Crippen MR) is 105 cm³/mol. The molecule has 0 unspecified atom stereocenters. The maximum absolute atomic E-state index is 11.7. The van der Waals surface area contributed by atoms with Gasteiger partial charge in [-0.1, -0.05) is 0 Å². The number of ether oxygens (including phenoxy) is 1. The Morgan fingerprint density at radius 2 is 1.93 bits per heavy atom. The largest absolute Gasteiger partial charge is 0.497 e. The third-order valence-corrected chi connectivity index (χ3v) is 6.11. The molecule has 0 aromatic heterocycles. The van der Waals surface area contributed by atoms with Gasteiger partial charge in [0.2, 0.25) is 0 Å². The number of aliphatic hydroxyl groups is 1. The van der Waals surface area contributed by atoms with Crippen LogP contribution in [-0.4, -0.2) is 45.7 Å². The molecule has 2 aromatic rings. The molecule has 140 valence electrons. The number of thioether (sulfide) groups is 1. The van der Waals surface area contributed by atoms with Crippen molar-refractivity contribution in [2.24, 2.45) is 0 Å². The van der Waals surface area contributed by atoms with E-state index in [4.69, 9.17) is 4.74 Å². The van der Waals surface area contributed by atoms with Crippen molar-refractivity contribution in [2.75, 3.05) is 30.9 Å². The highest BCUT2D eigenvalue weighted by atomic mass is 32.2. The lowest BCUT2D eigenvalue weighted by atomic mass is 10.0. The number of anilines is 1. The molecule has 1 atom stereocenters. The van der Waals surface area contributed by atoms with Gasteiger partial charge in [0, 0.05) is 23.4 Å². The summed E-state index contributed by atoms with van der Waals surface area (Å²) < 4.78 is 7.42. The van der Waals surface area contributed by atoms with Crippen molar-refractivity contribution in [3.05, 3.63) is 64.2 Å². The predicted octanol–water partition coefficient (Wildman–Crippen LogP) is 2.77. The van der Waals surface area contributed by atoms with E-state index in [0.717, 1.165) is 35.3 Å². The Bertz CT molecular complexity index is 898. The van der Waals surface area contributed by atoms with E-state index >= 15 is 0 Å². The van der Waals surface area contributed by atoms with Gasteiger partial charge in [-0.15, -0.1) is 0 Å². The van der Waals surface area contributed by atoms with Crippen LogP contribution in [-0.2, 0) is 5.72 Å². The highest BCUT2D eigenvalue weighted by molar-refractivity contribution is 8.14. The van der Waals surface area contributed by atoms with Gasteiger partial charge in [0.25, 0.3) is 11.4 Å². The molecule has 7 nitrogen and oxygen atoms in total. The molecule has 0 bridgehead atoms. The number of nitro benzene ring substituents is 1. The molecule has 0 saturated heterocycles. The number of benzene rings is 2. The number of methoxy groups -OCH3 is 1. The molecule has 8 heteroatoms. The number of nitro groups is 1. The molecule has 0 aliphatic carbocycles. The maximum Gasteiger partial charge on any atom is 0.316 e. The first-order chi connectivity index (χ1) is 13.0. The molecule has 2 aliphatic heterocycles. The van der Waals surface area contributed by atoms with Gasteiger partial charge in [0.15, 0.2) is 6.54 Å². The molecule has 2 heterocycles. The summed E-state index contributed by atoms with van der Waals surface area (Å²) in [5.74, 6) is 1.74. The topological polar surface area (TPSA) is 78.8 Å². The first kappa shape index (κ1) is 17.8. The molecule has 0 amide bonds. The number of rotatable bonds is 4. The zero-order valence-electron chi connectivity index (χ0n) is 14.9. The zero-order valence-corrected chi connectivity index (χ0v) is 15.7. The quantitative estimate of drug-likeness (QED) is 0.495. The van der Waals surface area contributed by atoms with E-state index in [-0.39, 0.29) is 5.69 Å². The summed E-state index contributed by atoms with van der Waals surface area (Å²) in [7, 11) is 1.62. The second-order valence-corrected chi connectivity index (χ2v) is 7.62. The lowest BCUT2D eigenvalue weighted by molar-refractivity contribution is -0.532. The SMILES string of the molecule is COc1ccc(N2C3=[N+](CCCS3)C[C@]2(O)c2ccc([N+](=O)[O-])cc2)cc1.